The van der Waals surface area contributed by atoms with E-state index < -0.39 is 0 Å². The molecular weight excluding hydrogens is 268 g/mol. The molecule has 0 unspecified atom stereocenters. The largest absolute Gasteiger partial charge is 0.249 e. The molecule has 0 saturated carbocycles. The molecule has 0 bridgehead atoms. The maximum atomic E-state index is 4.68. The summed E-state index contributed by atoms with van der Waals surface area (Å²) in [4.78, 5) is 9.28. The van der Waals surface area contributed by atoms with E-state index in [0.29, 0.717) is 5.92 Å². The van der Waals surface area contributed by atoms with E-state index in [4.69, 9.17) is 0 Å². The van der Waals surface area contributed by atoms with Crippen LogP contribution in [0.1, 0.15) is 24.5 Å². The van der Waals surface area contributed by atoms with E-state index in [0.717, 1.165) is 38.9 Å². The highest BCUT2D eigenvalue weighted by atomic mass is 32.1. The number of aryl methyl sites for hydroxylation is 1. The van der Waals surface area contributed by atoms with Crippen LogP contribution >= 0.6 is 11.3 Å². The molecule has 0 fully saturated rings. The smallest absolute Gasteiger partial charge is 0.168 e. The molecule has 2 aromatic heterocycles. The first-order chi connectivity index (χ1) is 9.63. The first kappa shape index (κ1) is 13.1. The van der Waals surface area contributed by atoms with Crippen LogP contribution < -0.4 is 0 Å². The minimum Gasteiger partial charge on any atom is -0.249 e. The minimum absolute atomic E-state index is 0.583. The molecule has 20 heavy (non-hydrogen) atoms. The van der Waals surface area contributed by atoms with Gasteiger partial charge in [-0.15, -0.1) is 10.2 Å². The van der Waals surface area contributed by atoms with Gasteiger partial charge in [-0.2, -0.15) is 0 Å². The van der Waals surface area contributed by atoms with Crippen LogP contribution in [0.3, 0.4) is 0 Å². The number of rotatable bonds is 3. The molecule has 3 rings (SSSR count). The monoisotopic (exact) mass is 284 g/mol. The summed E-state index contributed by atoms with van der Waals surface area (Å²) in [6, 6.07) is 7.90. The zero-order chi connectivity index (χ0) is 14.1. The molecule has 0 N–H and O–H groups in total. The molecular formula is C15H16N4S. The topological polar surface area (TPSA) is 51.6 Å². The summed E-state index contributed by atoms with van der Waals surface area (Å²) >= 11 is 1.61. The van der Waals surface area contributed by atoms with Gasteiger partial charge in [-0.25, -0.2) is 9.97 Å². The van der Waals surface area contributed by atoms with E-state index in [9.17, 15) is 0 Å². The summed E-state index contributed by atoms with van der Waals surface area (Å²) in [7, 11) is 0. The average Bonchev–Trinajstić information content (AvgIpc) is 2.85. The lowest BCUT2D eigenvalue weighted by atomic mass is 10.1. The van der Waals surface area contributed by atoms with E-state index in [1.165, 1.54) is 0 Å². The van der Waals surface area contributed by atoms with Crippen LogP contribution in [0.25, 0.3) is 21.7 Å². The standard InChI is InChI=1S/C15H16N4S/c1-9(2)8-13-18-19-15(20-13)14-10(3)16-11-6-4-5-7-12(11)17-14/h4-7,9H,8H2,1-3H3. The van der Waals surface area contributed by atoms with Crippen molar-refractivity contribution in [3.05, 3.63) is 35.0 Å². The second-order valence-electron chi connectivity index (χ2n) is 5.25. The van der Waals surface area contributed by atoms with Crippen LogP contribution in [-0.4, -0.2) is 20.2 Å². The van der Waals surface area contributed by atoms with Crippen molar-refractivity contribution in [2.75, 3.05) is 0 Å². The predicted octanol–water partition coefficient (Wildman–Crippen LogP) is 3.66. The molecule has 4 nitrogen and oxygen atoms in total. The van der Waals surface area contributed by atoms with E-state index in [-0.39, 0.29) is 0 Å². The van der Waals surface area contributed by atoms with Crippen molar-refractivity contribution in [3.63, 3.8) is 0 Å². The Bertz CT molecular complexity index is 748. The molecule has 2 heterocycles. The van der Waals surface area contributed by atoms with Crippen LogP contribution in [-0.2, 0) is 6.42 Å². The molecule has 5 heteroatoms. The van der Waals surface area contributed by atoms with Crippen molar-refractivity contribution < 1.29 is 0 Å². The lowest BCUT2D eigenvalue weighted by molar-refractivity contribution is 0.640. The summed E-state index contributed by atoms with van der Waals surface area (Å²) in [6.45, 7) is 6.34. The Morgan fingerprint density at radius 2 is 1.75 bits per heavy atom. The van der Waals surface area contributed by atoms with E-state index in [1.54, 1.807) is 11.3 Å². The Morgan fingerprint density at radius 1 is 1.05 bits per heavy atom. The Morgan fingerprint density at radius 3 is 2.45 bits per heavy atom. The molecule has 0 aliphatic rings. The normalized spacial score (nSPS) is 11.4. The van der Waals surface area contributed by atoms with Crippen molar-refractivity contribution >= 4 is 22.4 Å². The molecule has 0 atom stereocenters. The number of para-hydroxylation sites is 2. The van der Waals surface area contributed by atoms with Crippen molar-refractivity contribution in [1.29, 1.82) is 0 Å². The molecule has 0 saturated heterocycles. The van der Waals surface area contributed by atoms with Gasteiger partial charge < -0.3 is 0 Å². The van der Waals surface area contributed by atoms with Crippen molar-refractivity contribution in [2.24, 2.45) is 5.92 Å². The van der Waals surface area contributed by atoms with Gasteiger partial charge in [0.15, 0.2) is 5.01 Å². The van der Waals surface area contributed by atoms with Crippen LogP contribution in [0, 0.1) is 12.8 Å². The fraction of sp³-hybridized carbons (Fsp3) is 0.333. The van der Waals surface area contributed by atoms with Crippen molar-refractivity contribution in [1.82, 2.24) is 20.2 Å². The SMILES string of the molecule is Cc1nc2ccccc2nc1-c1nnc(CC(C)C)s1. The Kier molecular flexibility index (Phi) is 3.44. The molecule has 0 spiro atoms. The number of hydrogen-bond acceptors (Lipinski definition) is 5. The highest BCUT2D eigenvalue weighted by Gasteiger charge is 2.13. The third-order valence-corrected chi connectivity index (χ3v) is 3.95. The minimum atomic E-state index is 0.583. The summed E-state index contributed by atoms with van der Waals surface area (Å²) in [5.74, 6) is 0.583. The molecule has 0 aliphatic heterocycles. The molecule has 0 aliphatic carbocycles. The second-order valence-corrected chi connectivity index (χ2v) is 6.31. The first-order valence-corrected chi connectivity index (χ1v) is 7.51. The Balaban J connectivity index is 2.05. The van der Waals surface area contributed by atoms with Gasteiger partial charge in [-0.3, -0.25) is 0 Å². The lowest BCUT2D eigenvalue weighted by Gasteiger charge is -2.03. The van der Waals surface area contributed by atoms with Crippen molar-refractivity contribution in [3.8, 4) is 10.7 Å². The van der Waals surface area contributed by atoms with Crippen LogP contribution in [0.2, 0.25) is 0 Å². The van der Waals surface area contributed by atoms with E-state index in [2.05, 4.69) is 34.0 Å². The fourth-order valence-electron chi connectivity index (χ4n) is 2.07. The zero-order valence-corrected chi connectivity index (χ0v) is 12.6. The summed E-state index contributed by atoms with van der Waals surface area (Å²) < 4.78 is 0. The summed E-state index contributed by atoms with van der Waals surface area (Å²) in [5, 5.41) is 10.4. The van der Waals surface area contributed by atoms with E-state index in [1.807, 2.05) is 31.2 Å². The molecule has 102 valence electrons. The highest BCUT2D eigenvalue weighted by Crippen LogP contribution is 2.26. The van der Waals surface area contributed by atoms with E-state index >= 15 is 0 Å². The molecule has 0 amide bonds. The van der Waals surface area contributed by atoms with Gasteiger partial charge in [-0.05, 0) is 25.0 Å². The average molecular weight is 284 g/mol. The van der Waals surface area contributed by atoms with Crippen LogP contribution in [0.15, 0.2) is 24.3 Å². The predicted molar refractivity (Wildman–Crippen MR) is 81.7 cm³/mol. The highest BCUT2D eigenvalue weighted by molar-refractivity contribution is 7.14. The van der Waals surface area contributed by atoms with Crippen LogP contribution in [0.5, 0.6) is 0 Å². The second kappa shape index (κ2) is 5.25. The van der Waals surface area contributed by atoms with Gasteiger partial charge in [0.05, 0.1) is 16.7 Å². The molecule has 1 aromatic carbocycles. The number of aromatic nitrogens is 4. The van der Waals surface area contributed by atoms with Gasteiger partial charge in [0, 0.05) is 6.42 Å². The third-order valence-electron chi connectivity index (χ3n) is 3.00. The number of benzene rings is 1. The fourth-order valence-corrected chi connectivity index (χ4v) is 3.17. The lowest BCUT2D eigenvalue weighted by Crippen LogP contribution is -1.93. The molecule has 0 radical (unpaired) electrons. The maximum absolute atomic E-state index is 4.68. The third kappa shape index (κ3) is 2.54. The first-order valence-electron chi connectivity index (χ1n) is 6.69. The molecule has 3 aromatic rings. The quantitative estimate of drug-likeness (QED) is 0.736. The van der Waals surface area contributed by atoms with Crippen LogP contribution in [0.4, 0.5) is 0 Å². The zero-order valence-electron chi connectivity index (χ0n) is 11.8. The van der Waals surface area contributed by atoms with Gasteiger partial charge >= 0.3 is 0 Å². The number of hydrogen-bond donors (Lipinski definition) is 0. The Labute approximate surface area is 121 Å². The van der Waals surface area contributed by atoms with Crippen molar-refractivity contribution in [2.45, 2.75) is 27.2 Å². The van der Waals surface area contributed by atoms with Gasteiger partial charge in [-0.1, -0.05) is 37.3 Å². The number of nitrogens with zero attached hydrogens (tertiary/aromatic N) is 4. The van der Waals surface area contributed by atoms with Gasteiger partial charge in [0.25, 0.3) is 0 Å². The maximum Gasteiger partial charge on any atom is 0.168 e. The Hall–Kier alpha value is -1.88. The van der Waals surface area contributed by atoms with Gasteiger partial charge in [0.1, 0.15) is 10.7 Å². The summed E-state index contributed by atoms with van der Waals surface area (Å²) in [5.41, 5.74) is 3.56. The summed E-state index contributed by atoms with van der Waals surface area (Å²) in [6.07, 6.45) is 0.956. The van der Waals surface area contributed by atoms with Gasteiger partial charge in [0.2, 0.25) is 0 Å². The number of fused-ring (bicyclic) bond motifs is 1.